The monoisotopic (exact) mass is 518 g/mol. The second kappa shape index (κ2) is 8.19. The van der Waals surface area contributed by atoms with Crippen LogP contribution in [0.2, 0.25) is 0 Å². The number of nitrogens with one attached hydrogen (secondary N) is 1. The summed E-state index contributed by atoms with van der Waals surface area (Å²) in [5.74, 6) is -8.85. The molecule has 1 atom stereocenters. The Labute approximate surface area is 209 Å². The fourth-order valence-corrected chi connectivity index (χ4v) is 5.47. The number of carboxylic acid groups (broad SMARTS) is 1. The number of carboxylic acids is 1. The minimum atomic E-state index is -4.02. The lowest BCUT2D eigenvalue weighted by molar-refractivity contribution is -0.0278. The van der Waals surface area contributed by atoms with E-state index >= 15 is 0 Å². The van der Waals surface area contributed by atoms with Crippen molar-refractivity contribution in [2.75, 3.05) is 23.3 Å². The molecule has 1 spiro atoms. The lowest BCUT2D eigenvalue weighted by Crippen LogP contribution is -2.39. The van der Waals surface area contributed by atoms with Crippen LogP contribution in [0.5, 0.6) is 0 Å². The highest BCUT2D eigenvalue weighted by atomic mass is 19.3. The van der Waals surface area contributed by atoms with Crippen molar-refractivity contribution in [3.63, 3.8) is 0 Å². The van der Waals surface area contributed by atoms with Crippen molar-refractivity contribution < 1.29 is 27.5 Å². The van der Waals surface area contributed by atoms with Crippen LogP contribution in [0.4, 0.5) is 29.1 Å². The van der Waals surface area contributed by atoms with E-state index in [0.717, 1.165) is 5.56 Å². The van der Waals surface area contributed by atoms with E-state index in [1.807, 2.05) is 13.0 Å². The Kier molecular flexibility index (Phi) is 5.54. The van der Waals surface area contributed by atoms with E-state index in [1.54, 1.807) is 43.1 Å². The molecule has 1 saturated heterocycles. The van der Waals surface area contributed by atoms with Gasteiger partial charge < -0.3 is 15.3 Å². The van der Waals surface area contributed by atoms with Crippen molar-refractivity contribution in [3.05, 3.63) is 69.1 Å². The number of anilines is 2. The molecule has 37 heavy (non-hydrogen) atoms. The van der Waals surface area contributed by atoms with Crippen LogP contribution in [0.15, 0.2) is 41.3 Å². The highest BCUT2D eigenvalue weighted by molar-refractivity contribution is 5.94. The number of hydrogen-bond donors (Lipinski definition) is 2. The van der Waals surface area contributed by atoms with E-state index in [9.17, 15) is 32.3 Å². The van der Waals surface area contributed by atoms with Gasteiger partial charge in [0.25, 0.3) is 5.56 Å². The molecule has 3 aromatic rings. The maximum absolute atomic E-state index is 13.9. The van der Waals surface area contributed by atoms with Gasteiger partial charge in [-0.2, -0.15) is 17.6 Å². The lowest BCUT2D eigenvalue weighted by Gasteiger charge is -2.33. The van der Waals surface area contributed by atoms with Gasteiger partial charge in [0.05, 0.1) is 17.2 Å². The van der Waals surface area contributed by atoms with E-state index in [4.69, 9.17) is 4.98 Å². The SMILES string of the molecule is Cc1cc([C@@H](C)Nc2ccccc2C(=O)O)c2nc(N3CCC4(CC3)C(F)(F)C4(F)F)c(C)c(=O)n2c1. The van der Waals surface area contributed by atoms with Crippen LogP contribution in [-0.2, 0) is 0 Å². The molecular weight excluding hydrogens is 492 g/mol. The van der Waals surface area contributed by atoms with E-state index < -0.39 is 42.1 Å². The molecule has 0 radical (unpaired) electrons. The number of benzene rings is 1. The molecule has 1 aliphatic heterocycles. The highest BCUT2D eigenvalue weighted by Gasteiger charge is 2.95. The third kappa shape index (κ3) is 3.50. The summed E-state index contributed by atoms with van der Waals surface area (Å²) in [6, 6.07) is 7.81. The Morgan fingerprint density at radius 1 is 1.11 bits per heavy atom. The van der Waals surface area contributed by atoms with Crippen molar-refractivity contribution in [2.45, 2.75) is 51.5 Å². The van der Waals surface area contributed by atoms with Gasteiger partial charge in [-0.15, -0.1) is 0 Å². The van der Waals surface area contributed by atoms with E-state index in [2.05, 4.69) is 5.32 Å². The Morgan fingerprint density at radius 2 is 1.73 bits per heavy atom. The summed E-state index contributed by atoms with van der Waals surface area (Å²) in [5.41, 5.74) is -0.209. The quantitative estimate of drug-likeness (QED) is 0.460. The summed E-state index contributed by atoms with van der Waals surface area (Å²) in [7, 11) is 0. The molecule has 7 nitrogen and oxygen atoms in total. The predicted octanol–water partition coefficient (Wildman–Crippen LogP) is 5.05. The number of rotatable bonds is 5. The molecular formula is C26H26F4N4O3. The average molecular weight is 519 g/mol. The number of fused-ring (bicyclic) bond motifs is 1. The Hall–Kier alpha value is -3.63. The second-order valence-electron chi connectivity index (χ2n) is 9.97. The highest BCUT2D eigenvalue weighted by Crippen LogP contribution is 2.76. The van der Waals surface area contributed by atoms with Crippen molar-refractivity contribution in [1.29, 1.82) is 0 Å². The standard InChI is InChI=1S/C26H26F4N4O3/c1-14-12-18(16(3)31-19-7-5-4-6-17(19)23(36)37)21-32-20(15(2)22(35)34(21)13-14)33-10-8-24(9-11-33)25(27,28)26(24,29)30/h4-7,12-13,16,31H,8-11H2,1-3H3,(H,36,37)/t16-/m1/s1. The first-order valence-corrected chi connectivity index (χ1v) is 12.0. The molecule has 0 amide bonds. The number of alkyl halides is 4. The number of hydrogen-bond acceptors (Lipinski definition) is 5. The van der Waals surface area contributed by atoms with Gasteiger partial charge >= 0.3 is 17.8 Å². The lowest BCUT2D eigenvalue weighted by atomic mass is 9.92. The topological polar surface area (TPSA) is 86.9 Å². The van der Waals surface area contributed by atoms with Crippen LogP contribution in [0.25, 0.3) is 5.65 Å². The number of aromatic carboxylic acids is 1. The normalized spacial score (nSPS) is 20.1. The van der Waals surface area contributed by atoms with Crippen LogP contribution in [0.1, 0.15) is 52.9 Å². The van der Waals surface area contributed by atoms with Crippen LogP contribution in [0.3, 0.4) is 0 Å². The number of piperidine rings is 1. The van der Waals surface area contributed by atoms with Crippen LogP contribution in [-0.4, -0.2) is 45.4 Å². The zero-order valence-corrected chi connectivity index (χ0v) is 20.5. The van der Waals surface area contributed by atoms with Gasteiger partial charge in [0.15, 0.2) is 0 Å². The van der Waals surface area contributed by atoms with Crippen molar-refractivity contribution >= 4 is 23.1 Å². The summed E-state index contributed by atoms with van der Waals surface area (Å²) in [6.07, 6.45) is 0.829. The smallest absolute Gasteiger partial charge is 0.337 e. The number of aromatic nitrogens is 2. The molecule has 2 fully saturated rings. The maximum atomic E-state index is 13.9. The van der Waals surface area contributed by atoms with Crippen LogP contribution >= 0.6 is 0 Å². The molecule has 2 aromatic heterocycles. The first-order valence-electron chi connectivity index (χ1n) is 12.0. The summed E-state index contributed by atoms with van der Waals surface area (Å²) < 4.78 is 57.0. The summed E-state index contributed by atoms with van der Waals surface area (Å²) >= 11 is 0. The number of halogens is 4. The van der Waals surface area contributed by atoms with E-state index in [0.29, 0.717) is 16.9 Å². The first-order chi connectivity index (χ1) is 17.3. The molecule has 196 valence electrons. The zero-order valence-electron chi connectivity index (χ0n) is 20.5. The summed E-state index contributed by atoms with van der Waals surface area (Å²) in [4.78, 5) is 31.3. The van der Waals surface area contributed by atoms with Crippen molar-refractivity contribution in [2.24, 2.45) is 5.41 Å². The minimum Gasteiger partial charge on any atom is -0.478 e. The molecule has 2 aliphatic rings. The number of carbonyl (C=O) groups is 1. The maximum Gasteiger partial charge on any atom is 0.337 e. The summed E-state index contributed by atoms with van der Waals surface area (Å²) in [5, 5.41) is 12.7. The molecule has 0 unspecified atom stereocenters. The van der Waals surface area contributed by atoms with Gasteiger partial charge in [0, 0.05) is 30.5 Å². The number of pyridine rings is 1. The molecule has 0 bridgehead atoms. The van der Waals surface area contributed by atoms with E-state index in [-0.39, 0.29) is 35.6 Å². The van der Waals surface area contributed by atoms with E-state index in [1.165, 1.54) is 10.5 Å². The second-order valence-corrected chi connectivity index (χ2v) is 9.97. The van der Waals surface area contributed by atoms with Gasteiger partial charge in [-0.1, -0.05) is 12.1 Å². The average Bonchev–Trinajstić information content (AvgIpc) is 3.18. The van der Waals surface area contributed by atoms with Gasteiger partial charge in [-0.3, -0.25) is 9.20 Å². The third-order valence-corrected chi connectivity index (χ3v) is 7.74. The number of nitrogens with zero attached hydrogens (tertiary/aromatic N) is 3. The predicted molar refractivity (Wildman–Crippen MR) is 130 cm³/mol. The van der Waals surface area contributed by atoms with Gasteiger partial charge in [-0.05, 0) is 57.4 Å². The Morgan fingerprint density at radius 3 is 2.32 bits per heavy atom. The van der Waals surface area contributed by atoms with Crippen molar-refractivity contribution in [1.82, 2.24) is 9.38 Å². The summed E-state index contributed by atoms with van der Waals surface area (Å²) in [6.45, 7) is 5.05. The van der Waals surface area contributed by atoms with Crippen molar-refractivity contribution in [3.8, 4) is 0 Å². The molecule has 2 N–H and O–H groups in total. The van der Waals surface area contributed by atoms with Gasteiger partial charge in [0.1, 0.15) is 16.9 Å². The molecule has 3 heterocycles. The molecule has 1 aromatic carbocycles. The fraction of sp³-hybridized carbons (Fsp3) is 0.423. The molecule has 5 rings (SSSR count). The minimum absolute atomic E-state index is 0.0738. The van der Waals surface area contributed by atoms with Gasteiger partial charge in [-0.25, -0.2) is 9.78 Å². The zero-order chi connectivity index (χ0) is 26.9. The molecule has 11 heteroatoms. The number of aryl methyl sites for hydroxylation is 1. The molecule has 1 aliphatic carbocycles. The third-order valence-electron chi connectivity index (χ3n) is 7.74. The largest absolute Gasteiger partial charge is 0.478 e. The fourth-order valence-electron chi connectivity index (χ4n) is 5.47. The Balaban J connectivity index is 1.53. The van der Waals surface area contributed by atoms with Crippen LogP contribution < -0.4 is 15.8 Å². The first kappa shape index (κ1) is 25.0. The molecule has 1 saturated carbocycles. The van der Waals surface area contributed by atoms with Gasteiger partial charge in [0.2, 0.25) is 0 Å². The number of para-hydroxylation sites is 1. The Bertz CT molecular complexity index is 1460. The van der Waals surface area contributed by atoms with Crippen LogP contribution in [0, 0.1) is 19.3 Å².